The van der Waals surface area contributed by atoms with Crippen LogP contribution in [-0.2, 0) is 32.7 Å². The van der Waals surface area contributed by atoms with Gasteiger partial charge in [0, 0.05) is 22.6 Å². The first-order valence-corrected chi connectivity index (χ1v) is 9.67. The largest absolute Gasteiger partial charge is 2.00 e. The second-order valence-electron chi connectivity index (χ2n) is 7.65. The summed E-state index contributed by atoms with van der Waals surface area (Å²) in [6.45, 7) is 10.5. The molecule has 0 radical (unpaired) electrons. The van der Waals surface area contributed by atoms with Gasteiger partial charge in [0.15, 0.2) is 5.69 Å². The van der Waals surface area contributed by atoms with E-state index in [1.54, 1.807) is 38.1 Å². The maximum Gasteiger partial charge on any atom is 2.00 e. The molecule has 12 heteroatoms. The van der Waals surface area contributed by atoms with Gasteiger partial charge in [0.25, 0.3) is 0 Å². The Hall–Kier alpha value is -3.51. The van der Waals surface area contributed by atoms with Crippen molar-refractivity contribution in [2.24, 2.45) is 0 Å². The Kier molecular flexibility index (Phi) is 7.18. The first-order valence-electron chi connectivity index (χ1n) is 9.67. The molecule has 4 aromatic rings. The zero-order valence-corrected chi connectivity index (χ0v) is 20.2. The third-order valence-corrected chi connectivity index (χ3v) is 5.06. The van der Waals surface area contributed by atoms with Crippen molar-refractivity contribution in [2.45, 2.75) is 25.4 Å². The molecule has 0 bridgehead atoms. The number of hydrogen-bond donors (Lipinski definition) is 0. The van der Waals surface area contributed by atoms with Crippen molar-refractivity contribution in [2.75, 3.05) is 0 Å². The molecule has 4 heterocycles. The molecule has 0 aliphatic rings. The van der Waals surface area contributed by atoms with Crippen molar-refractivity contribution >= 4 is 5.69 Å². The molecule has 0 aliphatic carbocycles. The van der Waals surface area contributed by atoms with Crippen molar-refractivity contribution in [3.05, 3.63) is 95.1 Å². The quantitative estimate of drug-likeness (QED) is 0.165. The van der Waals surface area contributed by atoms with Gasteiger partial charge in [-0.25, -0.2) is 0 Å². The van der Waals surface area contributed by atoms with Crippen molar-refractivity contribution in [3.63, 3.8) is 0 Å². The third-order valence-electron chi connectivity index (χ3n) is 5.06. The molecule has 0 amide bonds. The predicted octanol–water partition coefficient (Wildman–Crippen LogP) is 5.50. The minimum Gasteiger partial charge on any atom is -0.343 e. The molecule has 0 unspecified atom stereocenters. The van der Waals surface area contributed by atoms with Crippen LogP contribution < -0.4 is 0 Å². The molecular weight excluding hydrogens is 650 g/mol. The summed E-state index contributed by atoms with van der Waals surface area (Å²) in [6.07, 6.45) is 0.0160. The average Bonchev–Trinajstić information content (AvgIpc) is 3.31. The molecule has 180 valence electrons. The Morgan fingerprint density at radius 1 is 0.971 bits per heavy atom. The number of hydrogen-bond acceptors (Lipinski definition) is 4. The minimum atomic E-state index is -4.61. The van der Waals surface area contributed by atoms with E-state index in [1.165, 1.54) is 12.1 Å². The Morgan fingerprint density at radius 2 is 1.63 bits per heavy atom. The van der Waals surface area contributed by atoms with Crippen LogP contribution in [0.2, 0.25) is 0 Å². The third kappa shape index (κ3) is 4.98. The summed E-state index contributed by atoms with van der Waals surface area (Å²) in [5.41, 5.74) is -2.17. The first-order chi connectivity index (χ1) is 16.0. The molecule has 4 aromatic heterocycles. The van der Waals surface area contributed by atoms with E-state index in [4.69, 9.17) is 6.57 Å². The Bertz CT molecular complexity index is 1420. The Labute approximate surface area is 211 Å². The summed E-state index contributed by atoms with van der Waals surface area (Å²) in [5, 5.41) is 3.48. The maximum atomic E-state index is 14.6. The van der Waals surface area contributed by atoms with Gasteiger partial charge in [-0.15, -0.1) is 6.07 Å². The average molecular weight is 663 g/mol. The summed E-state index contributed by atoms with van der Waals surface area (Å²) < 4.78 is 67.8. The van der Waals surface area contributed by atoms with Gasteiger partial charge in [0.05, 0.1) is 18.1 Å². The van der Waals surface area contributed by atoms with E-state index in [9.17, 15) is 22.0 Å². The van der Waals surface area contributed by atoms with Gasteiger partial charge in [0.2, 0.25) is 0 Å². The first kappa shape index (κ1) is 26.1. The van der Waals surface area contributed by atoms with Crippen molar-refractivity contribution in [3.8, 4) is 17.1 Å². The second kappa shape index (κ2) is 9.62. The van der Waals surface area contributed by atoms with E-state index in [1.807, 2.05) is 0 Å². The van der Waals surface area contributed by atoms with Crippen LogP contribution in [0.25, 0.3) is 21.9 Å². The van der Waals surface area contributed by atoms with Crippen molar-refractivity contribution in [1.82, 2.24) is 24.7 Å². The van der Waals surface area contributed by atoms with Crippen LogP contribution in [0.1, 0.15) is 30.9 Å². The Balaban J connectivity index is 0.00000342. The van der Waals surface area contributed by atoms with Crippen LogP contribution in [0, 0.1) is 30.7 Å². The summed E-state index contributed by atoms with van der Waals surface area (Å²) in [5.74, 6) is -2.28. The van der Waals surface area contributed by atoms with Gasteiger partial charge < -0.3 is 14.6 Å². The van der Waals surface area contributed by atoms with Gasteiger partial charge in [-0.1, -0.05) is 36.0 Å². The molecule has 6 nitrogen and oxygen atoms in total. The van der Waals surface area contributed by atoms with E-state index in [-0.39, 0.29) is 38.1 Å². The van der Waals surface area contributed by atoms with E-state index >= 15 is 0 Å². The Morgan fingerprint density at radius 3 is 2.26 bits per heavy atom. The van der Waals surface area contributed by atoms with Crippen LogP contribution in [-0.4, -0.2) is 24.7 Å². The number of rotatable bonds is 4. The van der Waals surface area contributed by atoms with Gasteiger partial charge >= 0.3 is 27.2 Å². The molecule has 0 fully saturated rings. The zero-order valence-electron chi connectivity index (χ0n) is 17.9. The molecule has 4 rings (SSSR count). The molecule has 0 aliphatic heterocycles. The van der Waals surface area contributed by atoms with E-state index in [0.29, 0.717) is 11.4 Å². The number of nitrogens with zero attached hydrogens (tertiary/aromatic N) is 6. The van der Waals surface area contributed by atoms with E-state index < -0.39 is 34.7 Å². The minimum absolute atomic E-state index is 0. The summed E-state index contributed by atoms with van der Waals surface area (Å²) in [6, 6.07) is 10.2. The number of pyridine rings is 3. The van der Waals surface area contributed by atoms with Crippen molar-refractivity contribution in [1.29, 1.82) is 0 Å². The molecule has 0 spiro atoms. The standard InChI is InChI=1S/C23H13F5N6.Pt/c1-22(2,16-8-5-9-18(32-16)34-11-10-17(33-34)23(26,27)28)15-7-4-6-14(31-15)13-12-30-21(25)20(29-3)19(13)24;/h4-10H,1-2H3;/q-2;+2. The van der Waals surface area contributed by atoms with Gasteiger partial charge in [-0.05, 0) is 37.9 Å². The number of alkyl halides is 3. The maximum absolute atomic E-state index is 14.6. The molecule has 0 saturated heterocycles. The van der Waals surface area contributed by atoms with Crippen LogP contribution >= 0.6 is 0 Å². The van der Waals surface area contributed by atoms with E-state index in [2.05, 4.69) is 37.3 Å². The molecule has 0 aromatic carbocycles. The zero-order chi connectivity index (χ0) is 24.7. The molecule has 0 saturated carbocycles. The van der Waals surface area contributed by atoms with Crippen LogP contribution in [0.4, 0.5) is 27.6 Å². The normalized spacial score (nSPS) is 11.6. The second-order valence-corrected chi connectivity index (χ2v) is 7.65. The fraction of sp³-hybridized carbons (Fsp3) is 0.174. The summed E-state index contributed by atoms with van der Waals surface area (Å²) in [4.78, 5) is 15.0. The van der Waals surface area contributed by atoms with Gasteiger partial charge in [-0.2, -0.15) is 13.2 Å². The predicted molar refractivity (Wildman–Crippen MR) is 110 cm³/mol. The van der Waals surface area contributed by atoms with Crippen LogP contribution in [0.3, 0.4) is 0 Å². The molecule has 35 heavy (non-hydrogen) atoms. The van der Waals surface area contributed by atoms with E-state index in [0.717, 1.165) is 10.7 Å². The van der Waals surface area contributed by atoms with Crippen LogP contribution in [0.15, 0.2) is 42.5 Å². The number of halogens is 5. The summed E-state index contributed by atoms with van der Waals surface area (Å²) in [7, 11) is 0. The van der Waals surface area contributed by atoms with Crippen molar-refractivity contribution < 1.29 is 43.0 Å². The smallest absolute Gasteiger partial charge is 0.343 e. The monoisotopic (exact) mass is 663 g/mol. The topological polar surface area (TPSA) is 60.9 Å². The van der Waals surface area contributed by atoms with Gasteiger partial charge in [0.1, 0.15) is 5.95 Å². The summed E-state index contributed by atoms with van der Waals surface area (Å²) >= 11 is 0. The fourth-order valence-electron chi connectivity index (χ4n) is 3.17. The molecule has 0 N–H and O–H groups in total. The number of aromatic nitrogens is 5. The van der Waals surface area contributed by atoms with Gasteiger partial charge in [-0.3, -0.25) is 23.7 Å². The SMILES string of the molecule is [C-]#[N+]c1c(F)n[c-]c(-c2cccc(C(C)(C)c3cccc(-n4[c-]cc(C(F)(F)F)n4)n3)n2)c1F.[Pt+2]. The molecule has 0 atom stereocenters. The fourth-order valence-corrected chi connectivity index (χ4v) is 3.17. The molecular formula is C23H13F5N6Pt. The van der Waals surface area contributed by atoms with Crippen LogP contribution in [0.5, 0.6) is 0 Å².